The van der Waals surface area contributed by atoms with Crippen molar-refractivity contribution >= 4 is 5.82 Å². The number of anilines is 1. The Hall–Kier alpha value is -1.88. The summed E-state index contributed by atoms with van der Waals surface area (Å²) in [4.78, 5) is 0. The average molecular weight is 274 g/mol. The number of aromatic nitrogens is 2. The Labute approximate surface area is 117 Å². The van der Waals surface area contributed by atoms with Gasteiger partial charge >= 0.3 is 0 Å². The fourth-order valence-electron chi connectivity index (χ4n) is 2.69. The monoisotopic (exact) mass is 274 g/mol. The summed E-state index contributed by atoms with van der Waals surface area (Å²) in [5.41, 5.74) is 2.31. The third kappa shape index (κ3) is 2.54. The normalized spacial score (nSPS) is 16.3. The number of nitrogens with one attached hydrogen (secondary N) is 3. The third-order valence-electron chi connectivity index (χ3n) is 3.77. The van der Waals surface area contributed by atoms with Gasteiger partial charge in [0, 0.05) is 22.9 Å². The first-order valence-corrected chi connectivity index (χ1v) is 7.03. The smallest absolute Gasteiger partial charge is 0.156 e. The van der Waals surface area contributed by atoms with Gasteiger partial charge in [-0.3, -0.25) is 5.10 Å². The summed E-state index contributed by atoms with van der Waals surface area (Å²) in [5, 5.41) is 14.0. The molecule has 0 atom stereocenters. The van der Waals surface area contributed by atoms with Crippen LogP contribution in [0.5, 0.6) is 0 Å². The van der Waals surface area contributed by atoms with Crippen molar-refractivity contribution in [2.24, 2.45) is 0 Å². The van der Waals surface area contributed by atoms with Gasteiger partial charge < -0.3 is 10.6 Å². The van der Waals surface area contributed by atoms with Crippen LogP contribution in [0.4, 0.5) is 10.2 Å². The lowest BCUT2D eigenvalue weighted by Gasteiger charge is -2.24. The highest BCUT2D eigenvalue weighted by Gasteiger charge is 2.19. The van der Waals surface area contributed by atoms with E-state index in [1.165, 1.54) is 6.07 Å². The topological polar surface area (TPSA) is 52.7 Å². The number of piperidine rings is 1. The van der Waals surface area contributed by atoms with E-state index in [4.69, 9.17) is 0 Å². The number of hydrogen-bond donors (Lipinski definition) is 3. The molecule has 1 fully saturated rings. The Morgan fingerprint density at radius 1 is 1.25 bits per heavy atom. The number of nitrogens with zero attached hydrogens (tertiary/aromatic N) is 1. The Bertz CT molecular complexity index is 587. The minimum Gasteiger partial charge on any atom is -0.365 e. The molecule has 106 valence electrons. The van der Waals surface area contributed by atoms with Crippen LogP contribution in [0.1, 0.15) is 18.5 Å². The van der Waals surface area contributed by atoms with E-state index in [1.54, 1.807) is 12.1 Å². The fraction of sp³-hybridized carbons (Fsp3) is 0.400. The second-order valence-corrected chi connectivity index (χ2v) is 5.22. The van der Waals surface area contributed by atoms with Crippen LogP contribution < -0.4 is 10.6 Å². The molecule has 1 aromatic heterocycles. The van der Waals surface area contributed by atoms with Crippen LogP contribution in [0.15, 0.2) is 24.3 Å². The van der Waals surface area contributed by atoms with Crippen LogP contribution in [-0.2, 0) is 0 Å². The summed E-state index contributed by atoms with van der Waals surface area (Å²) in [5.74, 6) is 0.532. The SMILES string of the molecule is Cc1[nH]nc(NC2CCNCC2)c1-c1ccccc1F. The standard InChI is InChI=1S/C15H19FN4/c1-10-14(12-4-2-3-5-13(12)16)15(20-19-10)18-11-6-8-17-9-7-11/h2-5,11,17H,6-9H2,1H3,(H2,18,19,20). The number of H-pyrrole nitrogens is 1. The molecule has 5 heteroatoms. The van der Waals surface area contributed by atoms with Gasteiger partial charge in [-0.25, -0.2) is 4.39 Å². The maximum atomic E-state index is 14.0. The second kappa shape index (κ2) is 5.63. The predicted molar refractivity (Wildman–Crippen MR) is 78.2 cm³/mol. The Balaban J connectivity index is 1.91. The molecule has 0 saturated carbocycles. The van der Waals surface area contributed by atoms with Crippen molar-refractivity contribution in [3.05, 3.63) is 35.8 Å². The largest absolute Gasteiger partial charge is 0.365 e. The first-order chi connectivity index (χ1) is 9.75. The van der Waals surface area contributed by atoms with E-state index >= 15 is 0 Å². The third-order valence-corrected chi connectivity index (χ3v) is 3.77. The molecular weight excluding hydrogens is 255 g/mol. The van der Waals surface area contributed by atoms with E-state index < -0.39 is 0 Å². The number of hydrogen-bond acceptors (Lipinski definition) is 3. The molecule has 0 amide bonds. The fourth-order valence-corrected chi connectivity index (χ4v) is 2.69. The van der Waals surface area contributed by atoms with Crippen molar-refractivity contribution < 1.29 is 4.39 Å². The molecule has 2 aromatic rings. The van der Waals surface area contributed by atoms with Crippen molar-refractivity contribution in [3.63, 3.8) is 0 Å². The number of benzene rings is 1. The molecule has 0 bridgehead atoms. The van der Waals surface area contributed by atoms with Gasteiger partial charge in [-0.2, -0.15) is 5.10 Å². The summed E-state index contributed by atoms with van der Waals surface area (Å²) in [6, 6.07) is 7.22. The molecule has 1 aromatic carbocycles. The highest BCUT2D eigenvalue weighted by molar-refractivity contribution is 5.78. The lowest BCUT2D eigenvalue weighted by atomic mass is 10.0. The van der Waals surface area contributed by atoms with E-state index in [-0.39, 0.29) is 5.82 Å². The summed E-state index contributed by atoms with van der Waals surface area (Å²) in [6.07, 6.45) is 2.12. The van der Waals surface area contributed by atoms with Gasteiger partial charge in [-0.15, -0.1) is 0 Å². The first-order valence-electron chi connectivity index (χ1n) is 7.03. The zero-order valence-corrected chi connectivity index (χ0v) is 11.5. The highest BCUT2D eigenvalue weighted by Crippen LogP contribution is 2.32. The molecule has 20 heavy (non-hydrogen) atoms. The molecule has 0 unspecified atom stereocenters. The van der Waals surface area contributed by atoms with Gasteiger partial charge in [0.25, 0.3) is 0 Å². The molecule has 2 heterocycles. The van der Waals surface area contributed by atoms with E-state index in [0.717, 1.165) is 43.0 Å². The van der Waals surface area contributed by atoms with Gasteiger partial charge in [-0.05, 0) is 38.9 Å². The number of aromatic amines is 1. The van der Waals surface area contributed by atoms with Gasteiger partial charge in [0.2, 0.25) is 0 Å². The van der Waals surface area contributed by atoms with Crippen LogP contribution in [0.2, 0.25) is 0 Å². The van der Waals surface area contributed by atoms with E-state index in [1.807, 2.05) is 13.0 Å². The molecule has 1 saturated heterocycles. The highest BCUT2D eigenvalue weighted by atomic mass is 19.1. The first kappa shape index (κ1) is 13.1. The number of halogens is 1. The quantitative estimate of drug-likeness (QED) is 0.806. The zero-order valence-electron chi connectivity index (χ0n) is 11.5. The lowest BCUT2D eigenvalue weighted by molar-refractivity contribution is 0.478. The van der Waals surface area contributed by atoms with Crippen molar-refractivity contribution in [1.82, 2.24) is 15.5 Å². The Kier molecular flexibility index (Phi) is 3.69. The number of aryl methyl sites for hydroxylation is 1. The molecule has 0 radical (unpaired) electrons. The summed E-state index contributed by atoms with van der Waals surface area (Å²) in [7, 11) is 0. The van der Waals surface area contributed by atoms with E-state index in [0.29, 0.717) is 11.6 Å². The molecule has 0 aliphatic carbocycles. The summed E-state index contributed by atoms with van der Waals surface area (Å²) >= 11 is 0. The van der Waals surface area contributed by atoms with Crippen molar-refractivity contribution in [2.75, 3.05) is 18.4 Å². The van der Waals surface area contributed by atoms with Gasteiger partial charge in [0.15, 0.2) is 5.82 Å². The van der Waals surface area contributed by atoms with Crippen LogP contribution in [-0.4, -0.2) is 29.3 Å². The molecule has 1 aliphatic rings. The minimum absolute atomic E-state index is 0.217. The molecule has 1 aliphatic heterocycles. The van der Waals surface area contributed by atoms with Crippen LogP contribution in [0.3, 0.4) is 0 Å². The second-order valence-electron chi connectivity index (χ2n) is 5.22. The molecule has 3 N–H and O–H groups in total. The van der Waals surface area contributed by atoms with Crippen molar-refractivity contribution in [1.29, 1.82) is 0 Å². The average Bonchev–Trinajstić information content (AvgIpc) is 2.82. The van der Waals surface area contributed by atoms with Crippen molar-refractivity contribution in [3.8, 4) is 11.1 Å². The van der Waals surface area contributed by atoms with Crippen LogP contribution >= 0.6 is 0 Å². The van der Waals surface area contributed by atoms with E-state index in [9.17, 15) is 4.39 Å². The van der Waals surface area contributed by atoms with Gasteiger partial charge in [0.05, 0.1) is 0 Å². The number of rotatable bonds is 3. The lowest BCUT2D eigenvalue weighted by Crippen LogP contribution is -2.35. The van der Waals surface area contributed by atoms with Crippen molar-refractivity contribution in [2.45, 2.75) is 25.8 Å². The van der Waals surface area contributed by atoms with Crippen LogP contribution in [0, 0.1) is 12.7 Å². The predicted octanol–water partition coefficient (Wildman–Crippen LogP) is 2.69. The van der Waals surface area contributed by atoms with Crippen LogP contribution in [0.25, 0.3) is 11.1 Å². The van der Waals surface area contributed by atoms with Gasteiger partial charge in [0.1, 0.15) is 5.82 Å². The molecule has 4 nitrogen and oxygen atoms in total. The molecule has 3 rings (SSSR count). The van der Waals surface area contributed by atoms with E-state index in [2.05, 4.69) is 20.8 Å². The summed E-state index contributed by atoms with van der Waals surface area (Å²) < 4.78 is 14.0. The maximum absolute atomic E-state index is 14.0. The Morgan fingerprint density at radius 3 is 2.75 bits per heavy atom. The molecular formula is C15H19FN4. The maximum Gasteiger partial charge on any atom is 0.156 e. The molecule has 0 spiro atoms. The Morgan fingerprint density at radius 2 is 2.00 bits per heavy atom. The van der Waals surface area contributed by atoms with Gasteiger partial charge in [-0.1, -0.05) is 18.2 Å². The minimum atomic E-state index is -0.217. The zero-order chi connectivity index (χ0) is 13.9. The summed E-state index contributed by atoms with van der Waals surface area (Å²) in [6.45, 7) is 3.94.